The van der Waals surface area contributed by atoms with E-state index in [9.17, 15) is 9.18 Å². The fourth-order valence-corrected chi connectivity index (χ4v) is 4.46. The highest BCUT2D eigenvalue weighted by atomic mass is 32.1. The van der Waals surface area contributed by atoms with Crippen LogP contribution in [0.4, 0.5) is 10.1 Å². The van der Waals surface area contributed by atoms with Gasteiger partial charge in [0.25, 0.3) is 5.91 Å². The van der Waals surface area contributed by atoms with E-state index >= 15 is 0 Å². The Morgan fingerprint density at radius 2 is 1.84 bits per heavy atom. The van der Waals surface area contributed by atoms with Crippen LogP contribution in [-0.4, -0.2) is 17.5 Å². The maximum atomic E-state index is 14.2. The summed E-state index contributed by atoms with van der Waals surface area (Å²) in [7, 11) is 0. The van der Waals surface area contributed by atoms with E-state index in [-0.39, 0.29) is 24.9 Å². The molecular formula is C25H19FN2O2S. The van der Waals surface area contributed by atoms with Gasteiger partial charge < -0.3 is 9.64 Å². The molecule has 0 bridgehead atoms. The van der Waals surface area contributed by atoms with Crippen molar-refractivity contribution < 1.29 is 13.9 Å². The van der Waals surface area contributed by atoms with Gasteiger partial charge in [0.2, 0.25) is 0 Å². The third kappa shape index (κ3) is 4.07. The number of carbonyl (C=O) groups is 1. The van der Waals surface area contributed by atoms with Crippen LogP contribution in [0.1, 0.15) is 16.1 Å². The lowest BCUT2D eigenvalue weighted by Gasteiger charge is -2.30. The average Bonchev–Trinajstić information content (AvgIpc) is 3.26. The first-order valence-electron chi connectivity index (χ1n) is 9.97. The topological polar surface area (TPSA) is 42.4 Å². The van der Waals surface area contributed by atoms with Gasteiger partial charge >= 0.3 is 0 Å². The predicted octanol–water partition coefficient (Wildman–Crippen LogP) is 5.47. The van der Waals surface area contributed by atoms with Gasteiger partial charge in [-0.2, -0.15) is 0 Å². The molecule has 0 fully saturated rings. The molecule has 2 heterocycles. The third-order valence-electron chi connectivity index (χ3n) is 5.23. The number of anilines is 1. The molecule has 0 radical (unpaired) electrons. The summed E-state index contributed by atoms with van der Waals surface area (Å²) in [6.07, 6.45) is 0.775. The van der Waals surface area contributed by atoms with Crippen molar-refractivity contribution in [3.05, 3.63) is 100 Å². The van der Waals surface area contributed by atoms with Crippen molar-refractivity contribution in [3.63, 3.8) is 0 Å². The van der Waals surface area contributed by atoms with Gasteiger partial charge in [0.1, 0.15) is 11.6 Å². The summed E-state index contributed by atoms with van der Waals surface area (Å²) in [6.45, 7) is 0.0976. The Morgan fingerprint density at radius 3 is 2.68 bits per heavy atom. The predicted molar refractivity (Wildman–Crippen MR) is 120 cm³/mol. The zero-order valence-electron chi connectivity index (χ0n) is 16.6. The largest absolute Gasteiger partial charge is 0.482 e. The first kappa shape index (κ1) is 19.5. The van der Waals surface area contributed by atoms with Gasteiger partial charge in [0.05, 0.1) is 22.9 Å². The number of thiazole rings is 1. The Labute approximate surface area is 183 Å². The van der Waals surface area contributed by atoms with Crippen LogP contribution in [0, 0.1) is 5.82 Å². The van der Waals surface area contributed by atoms with E-state index in [1.807, 2.05) is 41.8 Å². The molecule has 4 aromatic rings. The fourth-order valence-electron chi connectivity index (χ4n) is 3.63. The van der Waals surface area contributed by atoms with Gasteiger partial charge in [0.15, 0.2) is 6.61 Å². The summed E-state index contributed by atoms with van der Waals surface area (Å²) >= 11 is 1.61. The molecular weight excluding hydrogens is 411 g/mol. The monoisotopic (exact) mass is 430 g/mol. The van der Waals surface area contributed by atoms with Crippen molar-refractivity contribution in [3.8, 4) is 17.0 Å². The summed E-state index contributed by atoms with van der Waals surface area (Å²) < 4.78 is 19.8. The standard InChI is InChI=1S/C25H19FN2O2S/c26-20-9-5-4-8-19(20)14-28-22-13-18(10-11-23(22)30-15-25(28)29)21-16-31-24(27-21)12-17-6-2-1-3-7-17/h1-11,13,16H,12,14-15H2. The van der Waals surface area contributed by atoms with Crippen LogP contribution in [0.5, 0.6) is 5.75 Å². The number of amides is 1. The molecule has 0 atom stereocenters. The quantitative estimate of drug-likeness (QED) is 0.422. The number of fused-ring (bicyclic) bond motifs is 1. The summed E-state index contributed by atoms with van der Waals surface area (Å²) in [5.74, 6) is 0.0833. The Morgan fingerprint density at radius 1 is 1.03 bits per heavy atom. The maximum Gasteiger partial charge on any atom is 0.265 e. The van der Waals surface area contributed by atoms with Crippen LogP contribution in [0.2, 0.25) is 0 Å². The molecule has 154 valence electrons. The van der Waals surface area contributed by atoms with Crippen molar-refractivity contribution in [2.75, 3.05) is 11.5 Å². The Kier molecular flexibility index (Phi) is 5.22. The molecule has 31 heavy (non-hydrogen) atoms. The number of nitrogens with zero attached hydrogens (tertiary/aromatic N) is 2. The first-order chi connectivity index (χ1) is 15.2. The zero-order chi connectivity index (χ0) is 21.2. The summed E-state index contributed by atoms with van der Waals surface area (Å²) in [4.78, 5) is 19.0. The number of benzene rings is 3. The third-order valence-corrected chi connectivity index (χ3v) is 6.08. The van der Waals surface area contributed by atoms with Crippen LogP contribution >= 0.6 is 11.3 Å². The SMILES string of the molecule is O=C1COc2ccc(-c3csc(Cc4ccccc4)n3)cc2N1Cc1ccccc1F. The smallest absolute Gasteiger partial charge is 0.265 e. The van der Waals surface area contributed by atoms with Crippen molar-refractivity contribution >= 4 is 22.9 Å². The minimum absolute atomic E-state index is 0.0568. The molecule has 3 aromatic carbocycles. The molecule has 4 nitrogen and oxygen atoms in total. The van der Waals surface area contributed by atoms with E-state index in [4.69, 9.17) is 9.72 Å². The lowest BCUT2D eigenvalue weighted by molar-refractivity contribution is -0.121. The molecule has 0 saturated heterocycles. The number of aromatic nitrogens is 1. The van der Waals surface area contributed by atoms with Crippen LogP contribution in [0.15, 0.2) is 78.2 Å². The summed E-state index contributed by atoms with van der Waals surface area (Å²) in [5, 5.41) is 3.04. The Bertz CT molecular complexity index is 1240. The zero-order valence-corrected chi connectivity index (χ0v) is 17.4. The molecule has 0 aliphatic carbocycles. The molecule has 0 unspecified atom stereocenters. The molecule has 6 heteroatoms. The van der Waals surface area contributed by atoms with Crippen LogP contribution in [0.25, 0.3) is 11.3 Å². The molecule has 1 aliphatic rings. The van der Waals surface area contributed by atoms with E-state index in [0.717, 1.165) is 22.7 Å². The number of ether oxygens (including phenoxy) is 1. The van der Waals surface area contributed by atoms with Crippen molar-refractivity contribution in [2.45, 2.75) is 13.0 Å². The van der Waals surface area contributed by atoms with Crippen molar-refractivity contribution in [1.29, 1.82) is 0 Å². The van der Waals surface area contributed by atoms with Crippen LogP contribution in [-0.2, 0) is 17.8 Å². The van der Waals surface area contributed by atoms with Crippen LogP contribution < -0.4 is 9.64 Å². The number of hydrogen-bond donors (Lipinski definition) is 0. The minimum atomic E-state index is -0.329. The van der Waals surface area contributed by atoms with E-state index in [1.54, 1.807) is 34.4 Å². The average molecular weight is 431 g/mol. The maximum absolute atomic E-state index is 14.2. The molecule has 1 aliphatic heterocycles. The van der Waals surface area contributed by atoms with Gasteiger partial charge in [-0.15, -0.1) is 11.3 Å². The second-order valence-electron chi connectivity index (χ2n) is 7.33. The Hall–Kier alpha value is -3.51. The van der Waals surface area contributed by atoms with Gasteiger partial charge in [-0.25, -0.2) is 9.37 Å². The minimum Gasteiger partial charge on any atom is -0.482 e. The van der Waals surface area contributed by atoms with E-state index in [1.165, 1.54) is 11.6 Å². The summed E-state index contributed by atoms with van der Waals surface area (Å²) in [6, 6.07) is 22.4. The highest BCUT2D eigenvalue weighted by Gasteiger charge is 2.27. The van der Waals surface area contributed by atoms with Gasteiger partial charge in [-0.05, 0) is 29.8 Å². The van der Waals surface area contributed by atoms with Gasteiger partial charge in [-0.3, -0.25) is 4.79 Å². The molecule has 0 spiro atoms. The Balaban J connectivity index is 1.45. The van der Waals surface area contributed by atoms with Gasteiger partial charge in [0, 0.05) is 22.9 Å². The van der Waals surface area contributed by atoms with Crippen molar-refractivity contribution in [2.24, 2.45) is 0 Å². The molecule has 1 amide bonds. The van der Waals surface area contributed by atoms with Gasteiger partial charge in [-0.1, -0.05) is 48.5 Å². The number of hydrogen-bond acceptors (Lipinski definition) is 4. The van der Waals surface area contributed by atoms with E-state index in [0.29, 0.717) is 17.0 Å². The highest BCUT2D eigenvalue weighted by molar-refractivity contribution is 7.10. The lowest BCUT2D eigenvalue weighted by atomic mass is 10.1. The molecule has 0 saturated carbocycles. The second-order valence-corrected chi connectivity index (χ2v) is 8.27. The highest BCUT2D eigenvalue weighted by Crippen LogP contribution is 2.37. The number of carbonyl (C=O) groups excluding carboxylic acids is 1. The van der Waals surface area contributed by atoms with Crippen molar-refractivity contribution in [1.82, 2.24) is 4.98 Å². The normalized spacial score (nSPS) is 13.1. The molecule has 1 aromatic heterocycles. The number of halogens is 1. The molecule has 0 N–H and O–H groups in total. The van der Waals surface area contributed by atoms with E-state index < -0.39 is 0 Å². The van der Waals surface area contributed by atoms with E-state index in [2.05, 4.69) is 12.1 Å². The molecule has 5 rings (SSSR count). The second kappa shape index (κ2) is 8.32. The number of rotatable bonds is 5. The summed E-state index contributed by atoms with van der Waals surface area (Å²) in [5.41, 5.74) is 4.06. The lowest BCUT2D eigenvalue weighted by Crippen LogP contribution is -2.38. The van der Waals surface area contributed by atoms with Crippen LogP contribution in [0.3, 0.4) is 0 Å². The fraction of sp³-hybridized carbons (Fsp3) is 0.120. The first-order valence-corrected chi connectivity index (χ1v) is 10.8.